The molecule has 1 aliphatic rings. The van der Waals surface area contributed by atoms with Gasteiger partial charge in [-0.05, 0) is 87.4 Å². The summed E-state index contributed by atoms with van der Waals surface area (Å²) in [6.45, 7) is 5.96. The molecule has 3 heterocycles. The van der Waals surface area contributed by atoms with Gasteiger partial charge in [-0.1, -0.05) is 24.6 Å². The number of aromatic amines is 1. The molecule has 5 rings (SSSR count). The maximum Gasteiger partial charge on any atom is 0.417 e. The van der Waals surface area contributed by atoms with Gasteiger partial charge in [0.05, 0.1) is 22.5 Å². The number of benzene rings is 1. The SMILES string of the molecule is CCC(=C1CCC(NC(=O)c2ccc(-c3c(C)n[nH]c3C)nc2)CC1)c1cccc(Oc2ccc(C(F)(F)F)cn2)c1. The van der Waals surface area contributed by atoms with Crippen LogP contribution in [0, 0.1) is 13.8 Å². The molecule has 0 bridgehead atoms. The van der Waals surface area contributed by atoms with Gasteiger partial charge < -0.3 is 10.1 Å². The lowest BCUT2D eigenvalue weighted by Crippen LogP contribution is -2.36. The molecule has 1 amide bonds. The van der Waals surface area contributed by atoms with Gasteiger partial charge in [-0.3, -0.25) is 14.9 Å². The van der Waals surface area contributed by atoms with Gasteiger partial charge in [0.1, 0.15) is 5.75 Å². The number of ether oxygens (including phenoxy) is 1. The molecule has 0 radical (unpaired) electrons. The molecule has 42 heavy (non-hydrogen) atoms. The van der Waals surface area contributed by atoms with Gasteiger partial charge in [0, 0.05) is 35.8 Å². The van der Waals surface area contributed by atoms with E-state index in [2.05, 4.69) is 32.4 Å². The summed E-state index contributed by atoms with van der Waals surface area (Å²) in [5, 5.41) is 10.3. The number of alkyl halides is 3. The second kappa shape index (κ2) is 12.2. The van der Waals surface area contributed by atoms with Gasteiger partial charge in [0.2, 0.25) is 5.88 Å². The van der Waals surface area contributed by atoms with E-state index >= 15 is 0 Å². The molecule has 1 saturated carbocycles. The van der Waals surface area contributed by atoms with Crippen LogP contribution in [0.15, 0.2) is 66.5 Å². The molecule has 0 atom stereocenters. The van der Waals surface area contributed by atoms with Gasteiger partial charge in [0.25, 0.3) is 5.91 Å². The predicted molar refractivity (Wildman–Crippen MR) is 154 cm³/mol. The molecule has 3 aromatic heterocycles. The minimum absolute atomic E-state index is 0.0674. The summed E-state index contributed by atoms with van der Waals surface area (Å²) in [5.41, 5.74) is 6.79. The topological polar surface area (TPSA) is 92.8 Å². The molecule has 2 N–H and O–H groups in total. The van der Waals surface area contributed by atoms with E-state index in [1.807, 2.05) is 38.1 Å². The van der Waals surface area contributed by atoms with Crippen LogP contribution in [0.4, 0.5) is 13.2 Å². The zero-order chi connectivity index (χ0) is 29.9. The highest BCUT2D eigenvalue weighted by molar-refractivity contribution is 5.94. The Hall–Kier alpha value is -4.47. The van der Waals surface area contributed by atoms with Crippen molar-refractivity contribution in [1.82, 2.24) is 25.5 Å². The van der Waals surface area contributed by atoms with Crippen molar-refractivity contribution < 1.29 is 22.7 Å². The quantitative estimate of drug-likeness (QED) is 0.234. The minimum atomic E-state index is -4.45. The van der Waals surface area contributed by atoms with Crippen molar-refractivity contribution in [2.24, 2.45) is 0 Å². The number of nitrogens with one attached hydrogen (secondary N) is 2. The molecule has 1 fully saturated rings. The molecule has 1 aromatic carbocycles. The number of pyridine rings is 2. The Balaban J connectivity index is 1.21. The fraction of sp³-hybridized carbons (Fsp3) is 0.312. The van der Waals surface area contributed by atoms with Crippen molar-refractivity contribution in [3.8, 4) is 22.9 Å². The van der Waals surface area contributed by atoms with Crippen LogP contribution in [0.25, 0.3) is 16.8 Å². The maximum atomic E-state index is 12.9. The fourth-order valence-electron chi connectivity index (χ4n) is 5.42. The average Bonchev–Trinajstić information content (AvgIpc) is 3.32. The molecule has 4 aromatic rings. The van der Waals surface area contributed by atoms with E-state index in [1.165, 1.54) is 17.2 Å². The van der Waals surface area contributed by atoms with Crippen molar-refractivity contribution in [1.29, 1.82) is 0 Å². The van der Waals surface area contributed by atoms with E-state index in [9.17, 15) is 18.0 Å². The zero-order valence-electron chi connectivity index (χ0n) is 23.7. The Bertz CT molecular complexity index is 1560. The van der Waals surface area contributed by atoms with E-state index in [4.69, 9.17) is 4.74 Å². The number of hydrogen-bond acceptors (Lipinski definition) is 5. The Labute approximate surface area is 242 Å². The number of aromatic nitrogens is 4. The summed E-state index contributed by atoms with van der Waals surface area (Å²) in [6, 6.07) is 13.4. The Morgan fingerprint density at radius 3 is 2.40 bits per heavy atom. The lowest BCUT2D eigenvalue weighted by molar-refractivity contribution is -0.137. The normalized spacial score (nSPS) is 15.4. The molecule has 218 valence electrons. The average molecular weight is 576 g/mol. The van der Waals surface area contributed by atoms with Crippen LogP contribution < -0.4 is 10.1 Å². The predicted octanol–water partition coefficient (Wildman–Crippen LogP) is 7.83. The number of hydrogen-bond donors (Lipinski definition) is 2. The minimum Gasteiger partial charge on any atom is -0.439 e. The van der Waals surface area contributed by atoms with Gasteiger partial charge in [0.15, 0.2) is 0 Å². The van der Waals surface area contributed by atoms with Gasteiger partial charge in [-0.15, -0.1) is 0 Å². The lowest BCUT2D eigenvalue weighted by Gasteiger charge is -2.27. The molecule has 7 nitrogen and oxygen atoms in total. The van der Waals surface area contributed by atoms with Gasteiger partial charge in [-0.25, -0.2) is 4.98 Å². The number of halogens is 3. The van der Waals surface area contributed by atoms with Crippen molar-refractivity contribution in [3.05, 3.63) is 94.6 Å². The lowest BCUT2D eigenvalue weighted by atomic mass is 9.84. The zero-order valence-corrected chi connectivity index (χ0v) is 23.7. The van der Waals surface area contributed by atoms with Gasteiger partial charge >= 0.3 is 6.18 Å². The van der Waals surface area contributed by atoms with Crippen molar-refractivity contribution in [2.45, 2.75) is 65.1 Å². The summed E-state index contributed by atoms with van der Waals surface area (Å²) < 4.78 is 44.3. The van der Waals surface area contributed by atoms with Gasteiger partial charge in [-0.2, -0.15) is 18.3 Å². The van der Waals surface area contributed by atoms with E-state index in [-0.39, 0.29) is 17.8 Å². The van der Waals surface area contributed by atoms with Crippen molar-refractivity contribution in [2.75, 3.05) is 0 Å². The second-order valence-electron chi connectivity index (χ2n) is 10.4. The number of nitrogens with zero attached hydrogens (tertiary/aromatic N) is 3. The smallest absolute Gasteiger partial charge is 0.417 e. The van der Waals surface area contributed by atoms with E-state index < -0.39 is 11.7 Å². The maximum absolute atomic E-state index is 12.9. The monoisotopic (exact) mass is 575 g/mol. The molecule has 0 saturated heterocycles. The summed E-state index contributed by atoms with van der Waals surface area (Å²) in [7, 11) is 0. The van der Waals surface area contributed by atoms with E-state index in [0.29, 0.717) is 11.3 Å². The van der Waals surface area contributed by atoms with Crippen molar-refractivity contribution in [3.63, 3.8) is 0 Å². The first-order valence-electron chi connectivity index (χ1n) is 13.9. The van der Waals surface area contributed by atoms with Crippen LogP contribution in [0.2, 0.25) is 0 Å². The van der Waals surface area contributed by atoms with E-state index in [0.717, 1.165) is 72.6 Å². The first-order chi connectivity index (χ1) is 20.1. The molecule has 0 unspecified atom stereocenters. The fourth-order valence-corrected chi connectivity index (χ4v) is 5.42. The molecular weight excluding hydrogens is 543 g/mol. The van der Waals surface area contributed by atoms with Crippen LogP contribution in [-0.4, -0.2) is 32.1 Å². The Kier molecular flexibility index (Phi) is 8.42. The number of rotatable bonds is 7. The molecule has 10 heteroatoms. The third-order valence-corrected chi connectivity index (χ3v) is 7.58. The highest BCUT2D eigenvalue weighted by atomic mass is 19.4. The molecule has 0 spiro atoms. The highest BCUT2D eigenvalue weighted by Gasteiger charge is 2.30. The first kappa shape index (κ1) is 29.0. The summed E-state index contributed by atoms with van der Waals surface area (Å²) in [6.07, 6.45) is 2.12. The Morgan fingerprint density at radius 2 is 1.81 bits per heavy atom. The van der Waals surface area contributed by atoms with Crippen LogP contribution >= 0.6 is 0 Å². The number of aryl methyl sites for hydroxylation is 2. The standard InChI is InChI=1S/C32H32F3N5O2/c1-4-27(22-6-5-7-26(16-22)42-29-15-11-24(18-37-29)32(33,34)35)21-8-12-25(13-9-21)38-31(41)23-10-14-28(36-17-23)30-19(2)39-40-20(30)3/h5-7,10-11,14-18,25H,4,8-9,12-13H2,1-3H3,(H,38,41)(H,39,40). The highest BCUT2D eigenvalue weighted by Crippen LogP contribution is 2.35. The van der Waals surface area contributed by atoms with Crippen LogP contribution in [-0.2, 0) is 6.18 Å². The number of H-pyrrole nitrogens is 1. The molecule has 1 aliphatic carbocycles. The van der Waals surface area contributed by atoms with Crippen LogP contribution in [0.3, 0.4) is 0 Å². The Morgan fingerprint density at radius 1 is 1.02 bits per heavy atom. The summed E-state index contributed by atoms with van der Waals surface area (Å²) >= 11 is 0. The van der Waals surface area contributed by atoms with Crippen LogP contribution in [0.5, 0.6) is 11.6 Å². The third-order valence-electron chi connectivity index (χ3n) is 7.58. The summed E-state index contributed by atoms with van der Waals surface area (Å²) in [4.78, 5) is 21.2. The van der Waals surface area contributed by atoms with Crippen LogP contribution in [0.1, 0.15) is 71.9 Å². The molecular formula is C32H32F3N5O2. The second-order valence-corrected chi connectivity index (χ2v) is 10.4. The number of carbonyl (C=O) groups excluding carboxylic acids is 1. The summed E-state index contributed by atoms with van der Waals surface area (Å²) in [5.74, 6) is 0.466. The largest absolute Gasteiger partial charge is 0.439 e. The molecule has 0 aliphatic heterocycles. The number of amides is 1. The van der Waals surface area contributed by atoms with Crippen molar-refractivity contribution >= 4 is 11.5 Å². The number of allylic oxidation sites excluding steroid dienone is 2. The number of carbonyl (C=O) groups is 1. The third kappa shape index (κ3) is 6.53. The van der Waals surface area contributed by atoms with E-state index in [1.54, 1.807) is 18.3 Å². The first-order valence-corrected chi connectivity index (χ1v) is 13.9.